The Morgan fingerprint density at radius 3 is 2.94 bits per heavy atom. The lowest BCUT2D eigenvalue weighted by Crippen LogP contribution is -2.28. The summed E-state index contributed by atoms with van der Waals surface area (Å²) in [5.41, 5.74) is 1.27. The van der Waals surface area contributed by atoms with Crippen molar-refractivity contribution in [3.63, 3.8) is 0 Å². The molecule has 18 heavy (non-hydrogen) atoms. The van der Waals surface area contributed by atoms with Gasteiger partial charge in [0.15, 0.2) is 0 Å². The third-order valence-electron chi connectivity index (χ3n) is 2.85. The first-order valence-electron chi connectivity index (χ1n) is 5.74. The second-order valence-electron chi connectivity index (χ2n) is 4.23. The fraction of sp³-hybridized carbons (Fsp3) is 0.500. The van der Waals surface area contributed by atoms with Crippen LogP contribution < -0.4 is 0 Å². The van der Waals surface area contributed by atoms with E-state index in [1.807, 2.05) is 17.8 Å². The zero-order chi connectivity index (χ0) is 13.1. The Balaban J connectivity index is 2.04. The van der Waals surface area contributed by atoms with Crippen LogP contribution in [0.2, 0.25) is 0 Å². The van der Waals surface area contributed by atoms with E-state index in [1.54, 1.807) is 18.4 Å². The minimum Gasteiger partial charge on any atom is -0.481 e. The highest BCUT2D eigenvalue weighted by Crippen LogP contribution is 2.32. The van der Waals surface area contributed by atoms with Crippen molar-refractivity contribution in [2.45, 2.75) is 18.6 Å². The van der Waals surface area contributed by atoms with Crippen LogP contribution in [0.5, 0.6) is 0 Å². The SMILES string of the molecule is CN(CCC(=O)O)C(=O)c1cc2c(s1)CCSC2. The summed E-state index contributed by atoms with van der Waals surface area (Å²) in [5, 5.41) is 8.61. The number of aryl methyl sites for hydroxylation is 1. The summed E-state index contributed by atoms with van der Waals surface area (Å²) < 4.78 is 0. The minimum atomic E-state index is -0.878. The fourth-order valence-corrected chi connectivity index (χ4v) is 4.17. The number of nitrogens with zero attached hydrogens (tertiary/aromatic N) is 1. The number of fused-ring (bicyclic) bond motifs is 1. The molecule has 1 aromatic heterocycles. The molecule has 1 N–H and O–H groups in total. The van der Waals surface area contributed by atoms with Gasteiger partial charge in [-0.2, -0.15) is 11.8 Å². The van der Waals surface area contributed by atoms with Gasteiger partial charge in [0.1, 0.15) is 0 Å². The molecule has 0 unspecified atom stereocenters. The Morgan fingerprint density at radius 1 is 1.50 bits per heavy atom. The van der Waals surface area contributed by atoms with E-state index in [9.17, 15) is 9.59 Å². The van der Waals surface area contributed by atoms with E-state index in [1.165, 1.54) is 15.3 Å². The maximum absolute atomic E-state index is 12.1. The van der Waals surface area contributed by atoms with E-state index < -0.39 is 5.97 Å². The number of carboxylic acid groups (broad SMARTS) is 1. The predicted molar refractivity (Wildman–Crippen MR) is 73.4 cm³/mol. The topological polar surface area (TPSA) is 57.6 Å². The average molecular weight is 285 g/mol. The molecule has 6 heteroatoms. The molecule has 0 bridgehead atoms. The van der Waals surface area contributed by atoms with Crippen LogP contribution in [-0.4, -0.2) is 41.2 Å². The predicted octanol–water partition coefficient (Wildman–Crippen LogP) is 2.08. The highest BCUT2D eigenvalue weighted by atomic mass is 32.2. The summed E-state index contributed by atoms with van der Waals surface area (Å²) >= 11 is 3.44. The zero-order valence-electron chi connectivity index (χ0n) is 10.1. The largest absolute Gasteiger partial charge is 0.481 e. The van der Waals surface area contributed by atoms with Gasteiger partial charge < -0.3 is 10.0 Å². The number of carboxylic acids is 1. The molecule has 0 fully saturated rings. The molecule has 0 atom stereocenters. The van der Waals surface area contributed by atoms with Crippen LogP contribution in [0, 0.1) is 0 Å². The molecule has 0 aliphatic carbocycles. The molecule has 2 rings (SSSR count). The Hall–Kier alpha value is -1.01. The number of aliphatic carboxylic acids is 1. The first-order valence-corrected chi connectivity index (χ1v) is 7.71. The van der Waals surface area contributed by atoms with Crippen molar-refractivity contribution >= 4 is 35.0 Å². The molecule has 0 spiro atoms. The molecule has 0 radical (unpaired) electrons. The lowest BCUT2D eigenvalue weighted by Gasteiger charge is -2.14. The minimum absolute atomic E-state index is 0.0107. The smallest absolute Gasteiger partial charge is 0.305 e. The summed E-state index contributed by atoms with van der Waals surface area (Å²) in [6.07, 6.45) is 1.03. The second kappa shape index (κ2) is 5.75. The van der Waals surface area contributed by atoms with Gasteiger partial charge in [0.05, 0.1) is 11.3 Å². The van der Waals surface area contributed by atoms with E-state index in [4.69, 9.17) is 5.11 Å². The number of thioether (sulfide) groups is 1. The van der Waals surface area contributed by atoms with Crippen molar-refractivity contribution in [3.8, 4) is 0 Å². The lowest BCUT2D eigenvalue weighted by atomic mass is 10.2. The van der Waals surface area contributed by atoms with E-state index in [0.29, 0.717) is 0 Å². The monoisotopic (exact) mass is 285 g/mol. The lowest BCUT2D eigenvalue weighted by molar-refractivity contribution is -0.137. The third kappa shape index (κ3) is 3.05. The van der Waals surface area contributed by atoms with E-state index in [-0.39, 0.29) is 18.9 Å². The number of hydrogen-bond acceptors (Lipinski definition) is 4. The van der Waals surface area contributed by atoms with E-state index in [0.717, 1.165) is 22.8 Å². The van der Waals surface area contributed by atoms with Crippen molar-refractivity contribution in [3.05, 3.63) is 21.4 Å². The van der Waals surface area contributed by atoms with Gasteiger partial charge in [0, 0.05) is 24.2 Å². The molecule has 2 heterocycles. The highest BCUT2D eigenvalue weighted by molar-refractivity contribution is 7.98. The molecular formula is C12H15NO3S2. The van der Waals surface area contributed by atoms with Gasteiger partial charge in [-0.25, -0.2) is 0 Å². The van der Waals surface area contributed by atoms with Crippen LogP contribution in [-0.2, 0) is 17.0 Å². The van der Waals surface area contributed by atoms with Gasteiger partial charge in [-0.15, -0.1) is 11.3 Å². The molecule has 0 saturated heterocycles. The van der Waals surface area contributed by atoms with Gasteiger partial charge in [-0.3, -0.25) is 9.59 Å². The van der Waals surface area contributed by atoms with Gasteiger partial charge in [-0.05, 0) is 23.8 Å². The van der Waals surface area contributed by atoms with Crippen molar-refractivity contribution in [2.24, 2.45) is 0 Å². The van der Waals surface area contributed by atoms with Crippen molar-refractivity contribution in [1.29, 1.82) is 0 Å². The molecule has 98 valence electrons. The van der Waals surface area contributed by atoms with Crippen LogP contribution in [0.15, 0.2) is 6.07 Å². The van der Waals surface area contributed by atoms with Crippen molar-refractivity contribution < 1.29 is 14.7 Å². The number of amides is 1. The van der Waals surface area contributed by atoms with Gasteiger partial charge >= 0.3 is 5.97 Å². The number of hydrogen-bond donors (Lipinski definition) is 1. The van der Waals surface area contributed by atoms with Gasteiger partial charge in [-0.1, -0.05) is 0 Å². The molecule has 1 amide bonds. The third-order valence-corrected chi connectivity index (χ3v) is 5.08. The summed E-state index contributed by atoms with van der Waals surface area (Å²) in [4.78, 5) is 26.1. The second-order valence-corrected chi connectivity index (χ2v) is 6.47. The number of rotatable bonds is 4. The van der Waals surface area contributed by atoms with Crippen LogP contribution in [0.25, 0.3) is 0 Å². The standard InChI is InChI=1S/C12H15NO3S2/c1-13(4-2-11(14)15)12(16)10-6-8-7-17-5-3-9(8)18-10/h6H,2-5,7H2,1H3,(H,14,15). The zero-order valence-corrected chi connectivity index (χ0v) is 11.8. The Kier molecular flexibility index (Phi) is 4.29. The molecule has 0 saturated carbocycles. The van der Waals surface area contributed by atoms with Crippen LogP contribution in [0.3, 0.4) is 0 Å². The van der Waals surface area contributed by atoms with Crippen molar-refractivity contribution in [2.75, 3.05) is 19.3 Å². The Labute approximate surface area is 114 Å². The number of thiophene rings is 1. The fourth-order valence-electron chi connectivity index (χ4n) is 1.81. The van der Waals surface area contributed by atoms with Crippen molar-refractivity contribution in [1.82, 2.24) is 4.90 Å². The molecule has 1 aliphatic rings. The Morgan fingerprint density at radius 2 is 2.28 bits per heavy atom. The van der Waals surface area contributed by atoms with Crippen LogP contribution >= 0.6 is 23.1 Å². The molecule has 1 aromatic rings. The first kappa shape index (κ1) is 13.4. The number of carbonyl (C=O) groups is 2. The van der Waals surface area contributed by atoms with Gasteiger partial charge in [0.2, 0.25) is 0 Å². The molecule has 0 aromatic carbocycles. The Bertz CT molecular complexity index is 446. The summed E-state index contributed by atoms with van der Waals surface area (Å²) in [7, 11) is 1.65. The van der Waals surface area contributed by atoms with Gasteiger partial charge in [0.25, 0.3) is 5.91 Å². The maximum atomic E-state index is 12.1. The summed E-state index contributed by atoms with van der Waals surface area (Å²) in [5.74, 6) is 1.16. The molecular weight excluding hydrogens is 270 g/mol. The van der Waals surface area contributed by atoms with Crippen LogP contribution in [0.1, 0.15) is 26.5 Å². The summed E-state index contributed by atoms with van der Waals surface area (Å²) in [6.45, 7) is 0.255. The summed E-state index contributed by atoms with van der Waals surface area (Å²) in [6, 6.07) is 1.96. The molecule has 1 aliphatic heterocycles. The quantitative estimate of drug-likeness (QED) is 0.920. The first-order chi connectivity index (χ1) is 8.58. The normalized spacial score (nSPS) is 14.1. The van der Waals surface area contributed by atoms with E-state index in [2.05, 4.69) is 0 Å². The molecule has 4 nitrogen and oxygen atoms in total. The number of carbonyl (C=O) groups excluding carboxylic acids is 1. The van der Waals surface area contributed by atoms with E-state index >= 15 is 0 Å². The maximum Gasteiger partial charge on any atom is 0.305 e. The highest BCUT2D eigenvalue weighted by Gasteiger charge is 2.20. The average Bonchev–Trinajstić information content (AvgIpc) is 2.78. The van der Waals surface area contributed by atoms with Crippen LogP contribution in [0.4, 0.5) is 0 Å².